The first kappa shape index (κ1) is 12.5. The zero-order valence-corrected chi connectivity index (χ0v) is 11.0. The van der Waals surface area contributed by atoms with Crippen LogP contribution in [0.4, 0.5) is 5.95 Å². The lowest BCUT2D eigenvalue weighted by Crippen LogP contribution is -2.33. The van der Waals surface area contributed by atoms with Crippen molar-refractivity contribution in [3.63, 3.8) is 0 Å². The molecule has 1 aliphatic rings. The van der Waals surface area contributed by atoms with Crippen LogP contribution < -0.4 is 5.32 Å². The predicted octanol–water partition coefficient (Wildman–Crippen LogP) is 2.22. The summed E-state index contributed by atoms with van der Waals surface area (Å²) in [7, 11) is 8.29. The SMILES string of the molecule is [B]C1(C)CCCCCC1Nc1nc(C)n(C)n1. The van der Waals surface area contributed by atoms with Gasteiger partial charge in [0.1, 0.15) is 5.82 Å². The van der Waals surface area contributed by atoms with E-state index in [-0.39, 0.29) is 11.4 Å². The molecule has 2 atom stereocenters. The second-order valence-corrected chi connectivity index (χ2v) is 5.41. The van der Waals surface area contributed by atoms with E-state index in [9.17, 15) is 0 Å². The lowest BCUT2D eigenvalue weighted by atomic mass is 9.62. The van der Waals surface area contributed by atoms with Gasteiger partial charge in [-0.3, -0.25) is 4.68 Å². The van der Waals surface area contributed by atoms with Gasteiger partial charge < -0.3 is 5.32 Å². The molecule has 1 fully saturated rings. The van der Waals surface area contributed by atoms with Gasteiger partial charge in [0, 0.05) is 13.1 Å². The molecule has 1 aromatic rings. The maximum Gasteiger partial charge on any atom is 0.242 e. The molecule has 0 spiro atoms. The molecule has 17 heavy (non-hydrogen) atoms. The number of aromatic nitrogens is 3. The van der Waals surface area contributed by atoms with Gasteiger partial charge in [0.15, 0.2) is 0 Å². The van der Waals surface area contributed by atoms with E-state index in [1.54, 1.807) is 4.68 Å². The topological polar surface area (TPSA) is 42.7 Å². The fourth-order valence-corrected chi connectivity index (χ4v) is 2.45. The molecule has 1 aromatic heterocycles. The third kappa shape index (κ3) is 2.82. The average Bonchev–Trinajstić information content (AvgIpc) is 2.45. The summed E-state index contributed by atoms with van der Waals surface area (Å²) in [6, 6.07) is 0.270. The molecule has 2 rings (SSSR count). The molecular formula is C12H21BN4. The van der Waals surface area contributed by atoms with Gasteiger partial charge in [-0.1, -0.05) is 32.6 Å². The molecule has 2 radical (unpaired) electrons. The molecule has 4 nitrogen and oxygen atoms in total. The molecule has 0 aliphatic heterocycles. The van der Waals surface area contributed by atoms with Crippen molar-refractivity contribution < 1.29 is 0 Å². The lowest BCUT2D eigenvalue weighted by Gasteiger charge is -2.33. The Morgan fingerprint density at radius 1 is 1.41 bits per heavy atom. The zero-order chi connectivity index (χ0) is 12.5. The van der Waals surface area contributed by atoms with Crippen molar-refractivity contribution >= 4 is 13.8 Å². The number of hydrogen-bond donors (Lipinski definition) is 1. The van der Waals surface area contributed by atoms with Crippen LogP contribution in [0, 0.1) is 6.92 Å². The van der Waals surface area contributed by atoms with Crippen LogP contribution in [-0.2, 0) is 7.05 Å². The number of anilines is 1. The fraction of sp³-hybridized carbons (Fsp3) is 0.833. The van der Waals surface area contributed by atoms with Crippen LogP contribution in [-0.4, -0.2) is 28.7 Å². The van der Waals surface area contributed by atoms with Gasteiger partial charge >= 0.3 is 0 Å². The predicted molar refractivity (Wildman–Crippen MR) is 70.4 cm³/mol. The normalized spacial score (nSPS) is 29.9. The lowest BCUT2D eigenvalue weighted by molar-refractivity contribution is 0.477. The quantitative estimate of drug-likeness (QED) is 0.628. The molecule has 0 amide bonds. The number of nitrogens with one attached hydrogen (secondary N) is 1. The highest BCUT2D eigenvalue weighted by Gasteiger charge is 2.30. The Morgan fingerprint density at radius 3 is 2.82 bits per heavy atom. The molecule has 0 aromatic carbocycles. The van der Waals surface area contributed by atoms with Gasteiger partial charge in [-0.2, -0.15) is 4.98 Å². The standard InChI is InChI=1S/C12H21BN4/c1-9-14-11(16-17(9)3)15-10-7-5-4-6-8-12(10,2)13/h10H,4-8H2,1-3H3,(H,15,16). The Hall–Kier alpha value is -0.995. The van der Waals surface area contributed by atoms with E-state index in [1.807, 2.05) is 14.0 Å². The van der Waals surface area contributed by atoms with E-state index in [4.69, 9.17) is 7.85 Å². The van der Waals surface area contributed by atoms with E-state index in [0.717, 1.165) is 18.7 Å². The molecule has 1 aliphatic carbocycles. The fourth-order valence-electron chi connectivity index (χ4n) is 2.45. The summed E-state index contributed by atoms with van der Waals surface area (Å²) in [6.07, 6.45) is 5.90. The maximum atomic E-state index is 6.39. The monoisotopic (exact) mass is 232 g/mol. The van der Waals surface area contributed by atoms with Gasteiger partial charge in [0.2, 0.25) is 5.95 Å². The van der Waals surface area contributed by atoms with Crippen molar-refractivity contribution in [2.45, 2.75) is 57.3 Å². The van der Waals surface area contributed by atoms with Gasteiger partial charge in [-0.05, 0) is 18.7 Å². The molecule has 0 saturated heterocycles. The summed E-state index contributed by atoms with van der Waals surface area (Å²) >= 11 is 0. The summed E-state index contributed by atoms with van der Waals surface area (Å²) in [5.74, 6) is 1.62. The molecule has 92 valence electrons. The second-order valence-electron chi connectivity index (χ2n) is 5.41. The Labute approximate surface area is 105 Å². The highest BCUT2D eigenvalue weighted by Crippen LogP contribution is 2.39. The smallest absolute Gasteiger partial charge is 0.242 e. The van der Waals surface area contributed by atoms with Crippen LogP contribution in [0.3, 0.4) is 0 Å². The highest BCUT2D eigenvalue weighted by molar-refractivity contribution is 6.15. The van der Waals surface area contributed by atoms with Crippen LogP contribution in [0.1, 0.15) is 44.9 Å². The van der Waals surface area contributed by atoms with Crippen molar-refractivity contribution in [3.05, 3.63) is 5.82 Å². The van der Waals surface area contributed by atoms with Gasteiger partial charge in [0.25, 0.3) is 0 Å². The Balaban J connectivity index is 2.10. The minimum absolute atomic E-state index is 0.163. The van der Waals surface area contributed by atoms with E-state index in [0.29, 0.717) is 5.95 Å². The van der Waals surface area contributed by atoms with Crippen molar-refractivity contribution in [3.8, 4) is 0 Å². The third-order valence-electron chi connectivity index (χ3n) is 3.79. The van der Waals surface area contributed by atoms with Gasteiger partial charge in [0.05, 0.1) is 7.85 Å². The first-order valence-corrected chi connectivity index (χ1v) is 6.42. The van der Waals surface area contributed by atoms with Crippen LogP contribution in [0.15, 0.2) is 0 Å². The van der Waals surface area contributed by atoms with E-state index in [2.05, 4.69) is 22.3 Å². The molecule has 1 N–H and O–H groups in total. The van der Waals surface area contributed by atoms with E-state index < -0.39 is 0 Å². The Bertz CT molecular complexity index is 366. The van der Waals surface area contributed by atoms with Crippen LogP contribution in [0.5, 0.6) is 0 Å². The van der Waals surface area contributed by atoms with E-state index >= 15 is 0 Å². The summed E-state index contributed by atoms with van der Waals surface area (Å²) < 4.78 is 1.78. The summed E-state index contributed by atoms with van der Waals surface area (Å²) in [5, 5.41) is 7.58. The van der Waals surface area contributed by atoms with Gasteiger partial charge in [-0.25, -0.2) is 0 Å². The summed E-state index contributed by atoms with van der Waals surface area (Å²) in [4.78, 5) is 4.39. The number of aryl methyl sites for hydroxylation is 2. The molecule has 0 bridgehead atoms. The van der Waals surface area contributed by atoms with Crippen molar-refractivity contribution in [1.82, 2.24) is 14.8 Å². The Morgan fingerprint density at radius 2 is 2.18 bits per heavy atom. The minimum Gasteiger partial charge on any atom is -0.350 e. The Kier molecular flexibility index (Phi) is 3.45. The zero-order valence-electron chi connectivity index (χ0n) is 11.0. The molecular weight excluding hydrogens is 211 g/mol. The first-order valence-electron chi connectivity index (χ1n) is 6.42. The minimum atomic E-state index is -0.163. The molecule has 2 unspecified atom stereocenters. The maximum absolute atomic E-state index is 6.39. The van der Waals surface area contributed by atoms with Gasteiger partial charge in [-0.15, -0.1) is 5.10 Å². The van der Waals surface area contributed by atoms with Crippen LogP contribution in [0.25, 0.3) is 0 Å². The summed E-state index contributed by atoms with van der Waals surface area (Å²) in [6.45, 7) is 4.08. The number of rotatable bonds is 2. The first-order chi connectivity index (χ1) is 7.99. The van der Waals surface area contributed by atoms with Crippen molar-refractivity contribution in [2.75, 3.05) is 5.32 Å². The highest BCUT2D eigenvalue weighted by atomic mass is 15.4. The van der Waals surface area contributed by atoms with Crippen LogP contribution >= 0.6 is 0 Å². The van der Waals surface area contributed by atoms with E-state index in [1.165, 1.54) is 19.3 Å². The molecule has 1 heterocycles. The van der Waals surface area contributed by atoms with Crippen molar-refractivity contribution in [1.29, 1.82) is 0 Å². The van der Waals surface area contributed by atoms with Crippen molar-refractivity contribution in [2.24, 2.45) is 7.05 Å². The molecule has 1 saturated carbocycles. The second kappa shape index (κ2) is 4.71. The molecule has 5 heteroatoms. The number of nitrogens with zero attached hydrogens (tertiary/aromatic N) is 3. The number of hydrogen-bond acceptors (Lipinski definition) is 3. The largest absolute Gasteiger partial charge is 0.350 e. The third-order valence-corrected chi connectivity index (χ3v) is 3.79. The van der Waals surface area contributed by atoms with Crippen LogP contribution in [0.2, 0.25) is 5.31 Å². The summed E-state index contributed by atoms with van der Waals surface area (Å²) in [5.41, 5.74) is 0. The average molecular weight is 232 g/mol.